The molecular formula is C16H20BrN3O2. The Morgan fingerprint density at radius 1 is 1.27 bits per heavy atom. The Morgan fingerprint density at radius 2 is 2.05 bits per heavy atom. The van der Waals surface area contributed by atoms with Crippen LogP contribution in [-0.4, -0.2) is 39.2 Å². The van der Waals surface area contributed by atoms with Crippen LogP contribution in [0.2, 0.25) is 0 Å². The van der Waals surface area contributed by atoms with E-state index in [1.165, 1.54) is 0 Å². The molecule has 0 saturated carbocycles. The molecule has 2 heterocycles. The predicted molar refractivity (Wildman–Crippen MR) is 88.9 cm³/mol. The Morgan fingerprint density at radius 3 is 2.77 bits per heavy atom. The van der Waals surface area contributed by atoms with Crippen molar-refractivity contribution in [1.82, 2.24) is 14.5 Å². The third kappa shape index (κ3) is 2.97. The van der Waals surface area contributed by atoms with Gasteiger partial charge in [-0.15, -0.1) is 0 Å². The molecule has 1 aromatic carbocycles. The first kappa shape index (κ1) is 15.3. The lowest BCUT2D eigenvalue weighted by atomic mass is 10.2. The van der Waals surface area contributed by atoms with Crippen LogP contribution in [0.5, 0.6) is 0 Å². The van der Waals surface area contributed by atoms with Crippen LogP contribution in [0, 0.1) is 0 Å². The van der Waals surface area contributed by atoms with Gasteiger partial charge in [-0.05, 0) is 48.8 Å². The average Bonchev–Trinajstić information content (AvgIpc) is 2.63. The topological polar surface area (TPSA) is 47.4 Å². The van der Waals surface area contributed by atoms with Crippen LogP contribution in [0.3, 0.4) is 0 Å². The van der Waals surface area contributed by atoms with Crippen molar-refractivity contribution in [3.05, 3.63) is 28.5 Å². The lowest BCUT2D eigenvalue weighted by molar-refractivity contribution is 0.0254. The number of fused-ring (bicyclic) bond motifs is 3. The minimum absolute atomic E-state index is 0.247. The van der Waals surface area contributed by atoms with Crippen molar-refractivity contribution in [2.75, 3.05) is 13.1 Å². The molecule has 0 unspecified atom stereocenters. The van der Waals surface area contributed by atoms with Crippen molar-refractivity contribution < 1.29 is 9.53 Å². The largest absolute Gasteiger partial charge is 0.444 e. The number of hydrogen-bond donors (Lipinski definition) is 0. The molecule has 1 aliphatic rings. The summed E-state index contributed by atoms with van der Waals surface area (Å²) in [7, 11) is 0. The number of carbonyl (C=O) groups is 1. The van der Waals surface area contributed by atoms with E-state index in [0.29, 0.717) is 13.1 Å². The first-order chi connectivity index (χ1) is 10.3. The van der Waals surface area contributed by atoms with Crippen molar-refractivity contribution in [3.63, 3.8) is 0 Å². The third-order valence-electron chi connectivity index (χ3n) is 3.66. The number of hydrogen-bond acceptors (Lipinski definition) is 3. The van der Waals surface area contributed by atoms with Crippen molar-refractivity contribution >= 4 is 33.1 Å². The second-order valence-electron chi connectivity index (χ2n) is 6.50. The summed E-state index contributed by atoms with van der Waals surface area (Å²) in [6.07, 6.45) is 0.490. The molecule has 5 nitrogen and oxygen atoms in total. The summed E-state index contributed by atoms with van der Waals surface area (Å²) in [6, 6.07) is 6.08. The molecule has 3 rings (SSSR count). The molecule has 0 aliphatic carbocycles. The highest BCUT2D eigenvalue weighted by atomic mass is 79.9. The number of carbonyl (C=O) groups excluding carboxylic acids is 1. The number of ether oxygens (including phenoxy) is 1. The number of imidazole rings is 1. The summed E-state index contributed by atoms with van der Waals surface area (Å²) in [5, 5.41) is 0. The summed E-state index contributed by atoms with van der Waals surface area (Å²) >= 11 is 3.55. The van der Waals surface area contributed by atoms with Gasteiger partial charge in [0.15, 0.2) is 0 Å². The summed E-state index contributed by atoms with van der Waals surface area (Å²) < 4.78 is 8.67. The molecule has 1 amide bonds. The van der Waals surface area contributed by atoms with E-state index < -0.39 is 5.60 Å². The maximum Gasteiger partial charge on any atom is 0.410 e. The highest BCUT2D eigenvalue weighted by Gasteiger charge is 2.25. The molecule has 118 valence electrons. The molecule has 2 aromatic rings. The van der Waals surface area contributed by atoms with E-state index in [0.717, 1.165) is 34.3 Å². The highest BCUT2D eigenvalue weighted by molar-refractivity contribution is 9.10. The van der Waals surface area contributed by atoms with Crippen molar-refractivity contribution in [1.29, 1.82) is 0 Å². The van der Waals surface area contributed by atoms with E-state index in [9.17, 15) is 4.79 Å². The fraction of sp³-hybridized carbons (Fsp3) is 0.500. The van der Waals surface area contributed by atoms with Gasteiger partial charge in [-0.2, -0.15) is 0 Å². The molecule has 0 radical (unpaired) electrons. The van der Waals surface area contributed by atoms with E-state index in [2.05, 4.69) is 26.6 Å². The first-order valence-corrected chi connectivity index (χ1v) is 8.26. The number of benzene rings is 1. The SMILES string of the molecule is CC(C)(C)OC(=O)N1CCc2nc3c(Br)cccc3n2CC1. The molecule has 0 fully saturated rings. The molecule has 0 bridgehead atoms. The Hall–Kier alpha value is -1.56. The smallest absolute Gasteiger partial charge is 0.410 e. The van der Waals surface area contributed by atoms with Crippen LogP contribution >= 0.6 is 15.9 Å². The minimum atomic E-state index is -0.464. The first-order valence-electron chi connectivity index (χ1n) is 7.47. The Labute approximate surface area is 138 Å². The zero-order valence-corrected chi connectivity index (χ0v) is 14.7. The molecule has 0 spiro atoms. The Kier molecular flexibility index (Phi) is 3.89. The van der Waals surface area contributed by atoms with Gasteiger partial charge in [-0.3, -0.25) is 0 Å². The average molecular weight is 366 g/mol. The van der Waals surface area contributed by atoms with Crippen molar-refractivity contribution in [3.8, 4) is 0 Å². The molecule has 1 aromatic heterocycles. The van der Waals surface area contributed by atoms with E-state index in [1.807, 2.05) is 32.9 Å². The third-order valence-corrected chi connectivity index (χ3v) is 4.30. The number of aromatic nitrogens is 2. The summed E-state index contributed by atoms with van der Waals surface area (Å²) in [4.78, 5) is 18.7. The van der Waals surface area contributed by atoms with E-state index in [4.69, 9.17) is 9.72 Å². The number of para-hydroxylation sites is 1. The van der Waals surface area contributed by atoms with Crippen LogP contribution in [0.4, 0.5) is 4.79 Å². The maximum absolute atomic E-state index is 12.2. The molecule has 0 saturated heterocycles. The van der Waals surface area contributed by atoms with Gasteiger partial charge in [0.1, 0.15) is 16.9 Å². The van der Waals surface area contributed by atoms with Crippen LogP contribution in [-0.2, 0) is 17.7 Å². The number of rotatable bonds is 0. The van der Waals surface area contributed by atoms with E-state index in [1.54, 1.807) is 4.90 Å². The van der Waals surface area contributed by atoms with Crippen LogP contribution in [0.1, 0.15) is 26.6 Å². The van der Waals surface area contributed by atoms with Gasteiger partial charge in [-0.1, -0.05) is 6.07 Å². The number of halogens is 1. The fourth-order valence-corrected chi connectivity index (χ4v) is 3.12. The van der Waals surface area contributed by atoms with Gasteiger partial charge in [0.25, 0.3) is 0 Å². The zero-order chi connectivity index (χ0) is 15.9. The monoisotopic (exact) mass is 365 g/mol. The normalized spacial score (nSPS) is 15.5. The fourth-order valence-electron chi connectivity index (χ4n) is 2.68. The number of amides is 1. The van der Waals surface area contributed by atoms with Gasteiger partial charge < -0.3 is 14.2 Å². The standard InChI is InChI=1S/C16H20BrN3O2/c1-16(2,3)22-15(21)19-8-7-13-18-14-11(17)5-4-6-12(14)20(13)10-9-19/h4-6H,7-10H2,1-3H3. The summed E-state index contributed by atoms with van der Waals surface area (Å²) in [5.74, 6) is 1.02. The van der Waals surface area contributed by atoms with E-state index >= 15 is 0 Å². The Balaban J connectivity index is 1.82. The summed E-state index contributed by atoms with van der Waals surface area (Å²) in [6.45, 7) is 7.67. The van der Waals surface area contributed by atoms with Gasteiger partial charge in [-0.25, -0.2) is 9.78 Å². The second kappa shape index (κ2) is 5.57. The summed E-state index contributed by atoms with van der Waals surface area (Å²) in [5.41, 5.74) is 1.63. The van der Waals surface area contributed by atoms with Crippen LogP contribution in [0.15, 0.2) is 22.7 Å². The maximum atomic E-state index is 12.2. The minimum Gasteiger partial charge on any atom is -0.444 e. The van der Waals surface area contributed by atoms with Crippen LogP contribution < -0.4 is 0 Å². The molecule has 22 heavy (non-hydrogen) atoms. The van der Waals surface area contributed by atoms with E-state index in [-0.39, 0.29) is 6.09 Å². The molecule has 6 heteroatoms. The molecule has 0 atom stereocenters. The second-order valence-corrected chi connectivity index (χ2v) is 7.36. The predicted octanol–water partition coefficient (Wildman–Crippen LogP) is 3.59. The lowest BCUT2D eigenvalue weighted by Gasteiger charge is -2.26. The highest BCUT2D eigenvalue weighted by Crippen LogP contribution is 2.26. The lowest BCUT2D eigenvalue weighted by Crippen LogP contribution is -2.38. The number of nitrogens with zero attached hydrogens (tertiary/aromatic N) is 3. The quantitative estimate of drug-likeness (QED) is 0.716. The van der Waals surface area contributed by atoms with Crippen LogP contribution in [0.25, 0.3) is 11.0 Å². The van der Waals surface area contributed by atoms with Gasteiger partial charge in [0, 0.05) is 30.5 Å². The molecular weight excluding hydrogens is 346 g/mol. The molecule has 0 N–H and O–H groups in total. The zero-order valence-electron chi connectivity index (χ0n) is 13.1. The van der Waals surface area contributed by atoms with Gasteiger partial charge in [0.05, 0.1) is 5.52 Å². The van der Waals surface area contributed by atoms with Crippen molar-refractivity contribution in [2.45, 2.75) is 39.3 Å². The van der Waals surface area contributed by atoms with Crippen molar-refractivity contribution in [2.24, 2.45) is 0 Å². The van der Waals surface area contributed by atoms with Gasteiger partial charge >= 0.3 is 6.09 Å². The molecule has 1 aliphatic heterocycles. The van der Waals surface area contributed by atoms with Gasteiger partial charge in [0.2, 0.25) is 0 Å². The Bertz CT molecular complexity index is 718.